The van der Waals surface area contributed by atoms with Crippen molar-refractivity contribution < 1.29 is 13.2 Å². The van der Waals surface area contributed by atoms with Crippen LogP contribution in [0.1, 0.15) is 32.6 Å². The summed E-state index contributed by atoms with van der Waals surface area (Å²) in [5.74, 6) is 0.0903. The summed E-state index contributed by atoms with van der Waals surface area (Å²) in [6, 6.07) is 0. The molecule has 0 spiro atoms. The third-order valence-corrected chi connectivity index (χ3v) is 5.33. The molecule has 2 unspecified atom stereocenters. The van der Waals surface area contributed by atoms with Crippen LogP contribution in [0.25, 0.3) is 0 Å². The van der Waals surface area contributed by atoms with Gasteiger partial charge in [-0.05, 0) is 31.7 Å². The normalized spacial score (nSPS) is 25.2. The van der Waals surface area contributed by atoms with Gasteiger partial charge in [0, 0.05) is 6.54 Å². The average molecular weight is 262 g/mol. The van der Waals surface area contributed by atoms with E-state index in [1.165, 1.54) is 0 Å². The van der Waals surface area contributed by atoms with Crippen molar-refractivity contribution in [1.82, 2.24) is 5.32 Å². The lowest BCUT2D eigenvalue weighted by molar-refractivity contribution is -0.121. The third kappa shape index (κ3) is 4.27. The van der Waals surface area contributed by atoms with Crippen molar-refractivity contribution in [3.05, 3.63) is 0 Å². The molecule has 0 bridgehead atoms. The Kier molecular flexibility index (Phi) is 5.39. The number of hydrogen-bond donors (Lipinski definition) is 2. The van der Waals surface area contributed by atoms with E-state index in [9.17, 15) is 13.2 Å². The Balaban J connectivity index is 2.46. The summed E-state index contributed by atoms with van der Waals surface area (Å²) in [6.45, 7) is 3.07. The zero-order valence-electron chi connectivity index (χ0n) is 10.3. The average Bonchev–Trinajstić information content (AvgIpc) is 2.26. The minimum atomic E-state index is -3.22. The molecule has 1 amide bonds. The highest BCUT2D eigenvalue weighted by atomic mass is 32.2. The molecule has 0 aliphatic carbocycles. The fourth-order valence-corrected chi connectivity index (χ4v) is 3.85. The Labute approximate surface area is 103 Å². The number of nitrogens with one attached hydrogen (secondary N) is 1. The van der Waals surface area contributed by atoms with Crippen LogP contribution in [0.15, 0.2) is 0 Å². The van der Waals surface area contributed by atoms with E-state index in [2.05, 4.69) is 5.32 Å². The molecule has 2 atom stereocenters. The van der Waals surface area contributed by atoms with Gasteiger partial charge in [0.25, 0.3) is 0 Å². The highest BCUT2D eigenvalue weighted by molar-refractivity contribution is 7.92. The first-order chi connectivity index (χ1) is 7.97. The van der Waals surface area contributed by atoms with E-state index in [-0.39, 0.29) is 17.6 Å². The fourth-order valence-electron chi connectivity index (χ4n) is 2.02. The lowest BCUT2D eigenvalue weighted by Gasteiger charge is -2.22. The zero-order chi connectivity index (χ0) is 12.9. The number of sulfone groups is 1. The predicted molar refractivity (Wildman–Crippen MR) is 67.3 cm³/mol. The first-order valence-electron chi connectivity index (χ1n) is 6.16. The highest BCUT2D eigenvalue weighted by Gasteiger charge is 2.34. The maximum atomic E-state index is 11.8. The summed E-state index contributed by atoms with van der Waals surface area (Å²) >= 11 is 0. The first-order valence-corrected chi connectivity index (χ1v) is 7.88. The summed E-state index contributed by atoms with van der Waals surface area (Å²) in [6.07, 6.45) is 2.78. The van der Waals surface area contributed by atoms with Crippen molar-refractivity contribution in [3.63, 3.8) is 0 Å². The van der Waals surface area contributed by atoms with Crippen molar-refractivity contribution in [2.45, 2.75) is 37.9 Å². The molecule has 1 saturated heterocycles. The molecule has 6 heteroatoms. The van der Waals surface area contributed by atoms with Crippen LogP contribution in [0.5, 0.6) is 0 Å². The van der Waals surface area contributed by atoms with E-state index in [1.54, 1.807) is 0 Å². The topological polar surface area (TPSA) is 89.3 Å². The van der Waals surface area contributed by atoms with E-state index in [0.717, 1.165) is 12.8 Å². The highest BCUT2D eigenvalue weighted by Crippen LogP contribution is 2.19. The summed E-state index contributed by atoms with van der Waals surface area (Å²) < 4.78 is 23.4. The SMILES string of the molecule is CC(CCN)CNC(=O)C1CCCCS1(=O)=O. The molecule has 1 aliphatic heterocycles. The van der Waals surface area contributed by atoms with E-state index < -0.39 is 15.1 Å². The molecule has 1 fully saturated rings. The third-order valence-electron chi connectivity index (χ3n) is 3.16. The number of hydrogen-bond acceptors (Lipinski definition) is 4. The Hall–Kier alpha value is -0.620. The summed E-state index contributed by atoms with van der Waals surface area (Å²) in [7, 11) is -3.22. The van der Waals surface area contributed by atoms with Gasteiger partial charge in [-0.1, -0.05) is 13.3 Å². The molecule has 1 heterocycles. The van der Waals surface area contributed by atoms with Crippen LogP contribution < -0.4 is 11.1 Å². The van der Waals surface area contributed by atoms with Crippen molar-refractivity contribution in [1.29, 1.82) is 0 Å². The Morgan fingerprint density at radius 1 is 1.47 bits per heavy atom. The molecule has 1 rings (SSSR count). The summed E-state index contributed by atoms with van der Waals surface area (Å²) in [5.41, 5.74) is 5.41. The molecule has 0 aromatic heterocycles. The molecular formula is C11H22N2O3S. The summed E-state index contributed by atoms with van der Waals surface area (Å²) in [4.78, 5) is 11.8. The van der Waals surface area contributed by atoms with Gasteiger partial charge < -0.3 is 11.1 Å². The van der Waals surface area contributed by atoms with Crippen molar-refractivity contribution in [2.24, 2.45) is 11.7 Å². The maximum absolute atomic E-state index is 11.8. The molecule has 100 valence electrons. The van der Waals surface area contributed by atoms with E-state index in [0.29, 0.717) is 25.9 Å². The van der Waals surface area contributed by atoms with Gasteiger partial charge in [-0.2, -0.15) is 0 Å². The number of rotatable bonds is 5. The van der Waals surface area contributed by atoms with Crippen LogP contribution in [0.4, 0.5) is 0 Å². The fraction of sp³-hybridized carbons (Fsp3) is 0.909. The maximum Gasteiger partial charge on any atom is 0.238 e. The smallest absolute Gasteiger partial charge is 0.238 e. The van der Waals surface area contributed by atoms with Gasteiger partial charge in [0.2, 0.25) is 5.91 Å². The Morgan fingerprint density at radius 3 is 2.76 bits per heavy atom. The Morgan fingerprint density at radius 2 is 2.18 bits per heavy atom. The minimum absolute atomic E-state index is 0.142. The summed E-state index contributed by atoms with van der Waals surface area (Å²) in [5, 5.41) is 1.89. The van der Waals surface area contributed by atoms with Crippen molar-refractivity contribution in [2.75, 3.05) is 18.8 Å². The molecule has 3 N–H and O–H groups in total. The molecule has 1 aliphatic rings. The monoisotopic (exact) mass is 262 g/mol. The molecule has 0 aromatic rings. The molecule has 5 nitrogen and oxygen atoms in total. The largest absolute Gasteiger partial charge is 0.355 e. The van der Waals surface area contributed by atoms with Crippen molar-refractivity contribution >= 4 is 15.7 Å². The van der Waals surface area contributed by atoms with Gasteiger partial charge in [-0.3, -0.25) is 4.79 Å². The molecular weight excluding hydrogens is 240 g/mol. The van der Waals surface area contributed by atoms with Gasteiger partial charge in [-0.15, -0.1) is 0 Å². The quantitative estimate of drug-likeness (QED) is 0.733. The first kappa shape index (κ1) is 14.4. The van der Waals surface area contributed by atoms with Crippen LogP contribution in [-0.4, -0.2) is 38.4 Å². The number of amides is 1. The second kappa shape index (κ2) is 6.35. The van der Waals surface area contributed by atoms with Crippen LogP contribution in [0, 0.1) is 5.92 Å². The predicted octanol–water partition coefficient (Wildman–Crippen LogP) is 0.0548. The Bertz CT molecular complexity index is 354. The lowest BCUT2D eigenvalue weighted by atomic mass is 10.1. The van der Waals surface area contributed by atoms with Gasteiger partial charge in [0.15, 0.2) is 9.84 Å². The van der Waals surface area contributed by atoms with Gasteiger partial charge in [0.1, 0.15) is 5.25 Å². The number of carbonyl (C=O) groups is 1. The molecule has 17 heavy (non-hydrogen) atoms. The second-order valence-electron chi connectivity index (χ2n) is 4.78. The van der Waals surface area contributed by atoms with Crippen LogP contribution >= 0.6 is 0 Å². The number of carbonyl (C=O) groups excluding carboxylic acids is 1. The molecule has 0 aromatic carbocycles. The van der Waals surface area contributed by atoms with Crippen LogP contribution in [0.3, 0.4) is 0 Å². The van der Waals surface area contributed by atoms with Gasteiger partial charge in [-0.25, -0.2) is 8.42 Å². The van der Waals surface area contributed by atoms with Gasteiger partial charge >= 0.3 is 0 Å². The molecule has 0 radical (unpaired) electrons. The second-order valence-corrected chi connectivity index (χ2v) is 7.08. The van der Waals surface area contributed by atoms with E-state index in [1.807, 2.05) is 6.92 Å². The van der Waals surface area contributed by atoms with Crippen LogP contribution in [0.2, 0.25) is 0 Å². The van der Waals surface area contributed by atoms with Crippen LogP contribution in [-0.2, 0) is 14.6 Å². The van der Waals surface area contributed by atoms with E-state index in [4.69, 9.17) is 5.73 Å². The zero-order valence-corrected chi connectivity index (χ0v) is 11.1. The lowest BCUT2D eigenvalue weighted by Crippen LogP contribution is -2.44. The number of nitrogens with two attached hydrogens (primary N) is 1. The van der Waals surface area contributed by atoms with Crippen molar-refractivity contribution in [3.8, 4) is 0 Å². The minimum Gasteiger partial charge on any atom is -0.355 e. The van der Waals surface area contributed by atoms with E-state index >= 15 is 0 Å². The standard InChI is InChI=1S/C11H22N2O3S/c1-9(5-6-12)8-13-11(14)10-4-2-3-7-17(10,15)16/h9-10H,2-8,12H2,1H3,(H,13,14). The van der Waals surface area contributed by atoms with Gasteiger partial charge in [0.05, 0.1) is 5.75 Å². The molecule has 0 saturated carbocycles.